The number of carbonyl (C=O) groups is 3. The summed E-state index contributed by atoms with van der Waals surface area (Å²) in [5.74, 6) is -0.764. The Morgan fingerprint density at radius 2 is 1.81 bits per heavy atom. The number of rotatable bonds is 10. The van der Waals surface area contributed by atoms with E-state index in [0.717, 1.165) is 11.1 Å². The van der Waals surface area contributed by atoms with Crippen LogP contribution in [0, 0.1) is 13.8 Å². The van der Waals surface area contributed by atoms with E-state index in [9.17, 15) is 14.4 Å². The number of nitrogens with one attached hydrogen (secondary N) is 3. The Hall–Kier alpha value is -4.60. The summed E-state index contributed by atoms with van der Waals surface area (Å²) >= 11 is 0. The van der Waals surface area contributed by atoms with E-state index in [4.69, 9.17) is 13.9 Å². The summed E-state index contributed by atoms with van der Waals surface area (Å²) in [5, 5.41) is 9.03. The smallest absolute Gasteiger partial charge is 0.329 e. The Balaban J connectivity index is 1.53. The number of hydrogen-bond acceptors (Lipinski definition) is 7. The number of carbonyl (C=O) groups excluding carboxylic acids is 3. The molecule has 0 aliphatic rings. The maximum atomic E-state index is 12.3. The first-order chi connectivity index (χ1) is 17.4. The molecule has 36 heavy (non-hydrogen) atoms. The largest absolute Gasteiger partial charge is 0.490 e. The van der Waals surface area contributed by atoms with Crippen LogP contribution in [0.4, 0.5) is 5.69 Å². The molecular weight excluding hydrogens is 464 g/mol. The number of hydrogen-bond donors (Lipinski definition) is 3. The third kappa shape index (κ3) is 7.73. The fourth-order valence-corrected chi connectivity index (χ4v) is 3.03. The van der Waals surface area contributed by atoms with Gasteiger partial charge in [-0.3, -0.25) is 14.4 Å². The molecule has 0 bridgehead atoms. The molecule has 1 heterocycles. The van der Waals surface area contributed by atoms with E-state index >= 15 is 0 Å². The van der Waals surface area contributed by atoms with E-state index in [2.05, 4.69) is 21.2 Å². The molecule has 3 rings (SSSR count). The minimum Gasteiger partial charge on any atom is -0.490 e. The lowest BCUT2D eigenvalue weighted by atomic mass is 10.1. The van der Waals surface area contributed by atoms with Gasteiger partial charge in [0.05, 0.1) is 25.6 Å². The Morgan fingerprint density at radius 1 is 0.972 bits per heavy atom. The Morgan fingerprint density at radius 3 is 2.53 bits per heavy atom. The van der Waals surface area contributed by atoms with Crippen LogP contribution in [0.15, 0.2) is 64.3 Å². The molecule has 0 aliphatic carbocycles. The number of aryl methyl sites for hydroxylation is 2. The molecule has 0 saturated carbocycles. The molecule has 188 valence electrons. The molecule has 10 heteroatoms. The highest BCUT2D eigenvalue weighted by Crippen LogP contribution is 2.28. The number of benzene rings is 2. The molecule has 1 aromatic heterocycles. The van der Waals surface area contributed by atoms with Gasteiger partial charge in [-0.15, -0.1) is 0 Å². The number of amides is 3. The van der Waals surface area contributed by atoms with Gasteiger partial charge in [-0.2, -0.15) is 5.10 Å². The van der Waals surface area contributed by atoms with E-state index in [-0.39, 0.29) is 19.1 Å². The van der Waals surface area contributed by atoms with Gasteiger partial charge >= 0.3 is 11.8 Å². The predicted octanol–water partition coefficient (Wildman–Crippen LogP) is 3.08. The van der Waals surface area contributed by atoms with Gasteiger partial charge in [0, 0.05) is 5.69 Å². The van der Waals surface area contributed by atoms with Crippen LogP contribution in [-0.2, 0) is 20.9 Å². The molecule has 0 atom stereocenters. The molecule has 0 aliphatic heterocycles. The first-order valence-electron chi connectivity index (χ1n) is 11.3. The molecule has 0 fully saturated rings. The van der Waals surface area contributed by atoms with Crippen molar-refractivity contribution in [3.05, 3.63) is 77.2 Å². The fraction of sp³-hybridized carbons (Fsp3) is 0.231. The summed E-state index contributed by atoms with van der Waals surface area (Å²) in [7, 11) is 0. The number of hydrazone groups is 1. The Labute approximate surface area is 208 Å². The summed E-state index contributed by atoms with van der Waals surface area (Å²) in [6.07, 6.45) is 2.83. The van der Waals surface area contributed by atoms with Gasteiger partial charge in [0.1, 0.15) is 5.76 Å². The van der Waals surface area contributed by atoms with Crippen molar-refractivity contribution in [1.29, 1.82) is 0 Å². The Kier molecular flexibility index (Phi) is 9.21. The molecule has 10 nitrogen and oxygen atoms in total. The third-order valence-corrected chi connectivity index (χ3v) is 5.01. The van der Waals surface area contributed by atoms with Crippen LogP contribution >= 0.6 is 0 Å². The fourth-order valence-electron chi connectivity index (χ4n) is 3.03. The van der Waals surface area contributed by atoms with Crippen LogP contribution in [0.2, 0.25) is 0 Å². The zero-order chi connectivity index (χ0) is 25.9. The van der Waals surface area contributed by atoms with Crippen LogP contribution in [0.3, 0.4) is 0 Å². The lowest BCUT2D eigenvalue weighted by Crippen LogP contribution is -2.37. The van der Waals surface area contributed by atoms with Crippen LogP contribution in [-0.4, -0.2) is 37.1 Å². The van der Waals surface area contributed by atoms with E-state index in [0.29, 0.717) is 35.1 Å². The first kappa shape index (κ1) is 26.0. The highest BCUT2D eigenvalue weighted by atomic mass is 16.5. The minimum absolute atomic E-state index is 0.0881. The molecule has 0 saturated heterocycles. The zero-order valence-electron chi connectivity index (χ0n) is 20.3. The number of nitrogens with zero attached hydrogens (tertiary/aromatic N) is 1. The normalized spacial score (nSPS) is 10.6. The van der Waals surface area contributed by atoms with Crippen molar-refractivity contribution in [2.24, 2.45) is 5.10 Å². The topological polar surface area (TPSA) is 131 Å². The van der Waals surface area contributed by atoms with Gasteiger partial charge in [-0.05, 0) is 79.9 Å². The highest BCUT2D eigenvalue weighted by Gasteiger charge is 2.13. The third-order valence-electron chi connectivity index (χ3n) is 5.01. The van der Waals surface area contributed by atoms with Gasteiger partial charge in [0.25, 0.3) is 5.91 Å². The molecule has 0 spiro atoms. The maximum Gasteiger partial charge on any atom is 0.329 e. The van der Waals surface area contributed by atoms with Crippen LogP contribution < -0.4 is 25.5 Å². The van der Waals surface area contributed by atoms with Crippen LogP contribution in [0.5, 0.6) is 11.5 Å². The van der Waals surface area contributed by atoms with Gasteiger partial charge in [-0.1, -0.05) is 6.07 Å². The summed E-state index contributed by atoms with van der Waals surface area (Å²) < 4.78 is 16.4. The molecular formula is C26H28N4O6. The average Bonchev–Trinajstić information content (AvgIpc) is 3.38. The van der Waals surface area contributed by atoms with Crippen molar-refractivity contribution in [1.82, 2.24) is 10.7 Å². The summed E-state index contributed by atoms with van der Waals surface area (Å²) in [5.41, 5.74) is 5.66. The summed E-state index contributed by atoms with van der Waals surface area (Å²) in [6.45, 7) is 6.05. The van der Waals surface area contributed by atoms with Crippen LogP contribution in [0.25, 0.3) is 0 Å². The number of anilines is 1. The second-order valence-electron chi connectivity index (χ2n) is 7.74. The molecule has 3 amide bonds. The van der Waals surface area contributed by atoms with Gasteiger partial charge in [-0.25, -0.2) is 5.43 Å². The second-order valence-corrected chi connectivity index (χ2v) is 7.74. The monoisotopic (exact) mass is 492 g/mol. The zero-order valence-corrected chi connectivity index (χ0v) is 20.3. The van der Waals surface area contributed by atoms with Crippen molar-refractivity contribution in [2.45, 2.75) is 27.3 Å². The maximum absolute atomic E-state index is 12.3. The van der Waals surface area contributed by atoms with Crippen molar-refractivity contribution in [3.8, 4) is 11.5 Å². The summed E-state index contributed by atoms with van der Waals surface area (Å²) in [4.78, 5) is 36.0. The van der Waals surface area contributed by atoms with E-state index in [1.807, 2.05) is 39.0 Å². The minimum atomic E-state index is -0.919. The van der Waals surface area contributed by atoms with Crippen LogP contribution in [0.1, 0.15) is 29.4 Å². The van der Waals surface area contributed by atoms with E-state index in [1.165, 1.54) is 12.5 Å². The average molecular weight is 493 g/mol. The van der Waals surface area contributed by atoms with Crippen molar-refractivity contribution >= 4 is 29.6 Å². The van der Waals surface area contributed by atoms with E-state index < -0.39 is 11.8 Å². The standard InChI is InChI=1S/C26H28N4O6/c1-4-34-23-13-19(14-28-30-26(33)25(32)27-15-21-6-5-11-35-21)8-10-22(23)36-16-24(31)29-20-9-7-17(2)18(3)12-20/h5-14H,4,15-16H2,1-3H3,(H,27,32)(H,29,31)(H,30,33)/b28-14-. The van der Waals surface area contributed by atoms with Gasteiger partial charge in [0.2, 0.25) is 0 Å². The number of ether oxygens (including phenoxy) is 2. The molecule has 2 aromatic carbocycles. The van der Waals surface area contributed by atoms with Crippen molar-refractivity contribution in [3.63, 3.8) is 0 Å². The van der Waals surface area contributed by atoms with Crippen molar-refractivity contribution in [2.75, 3.05) is 18.5 Å². The lowest BCUT2D eigenvalue weighted by Gasteiger charge is -2.13. The second kappa shape index (κ2) is 12.7. The SMILES string of the molecule is CCOc1cc(/C=N\NC(=O)C(=O)NCc2ccco2)ccc1OCC(=O)Nc1ccc(C)c(C)c1. The molecule has 0 unspecified atom stereocenters. The molecule has 0 radical (unpaired) electrons. The highest BCUT2D eigenvalue weighted by molar-refractivity contribution is 6.35. The molecule has 3 aromatic rings. The first-order valence-corrected chi connectivity index (χ1v) is 11.3. The quantitative estimate of drug-likeness (QED) is 0.226. The molecule has 3 N–H and O–H groups in total. The van der Waals surface area contributed by atoms with Gasteiger partial charge in [0.15, 0.2) is 18.1 Å². The Bertz CT molecular complexity index is 1240. The predicted molar refractivity (Wildman–Crippen MR) is 134 cm³/mol. The van der Waals surface area contributed by atoms with Crippen molar-refractivity contribution < 1.29 is 28.3 Å². The summed E-state index contributed by atoms with van der Waals surface area (Å²) in [6, 6.07) is 14.0. The van der Waals surface area contributed by atoms with E-state index in [1.54, 1.807) is 30.3 Å². The number of furan rings is 1. The van der Waals surface area contributed by atoms with Gasteiger partial charge < -0.3 is 24.5 Å². The lowest BCUT2D eigenvalue weighted by molar-refractivity contribution is -0.139.